The van der Waals surface area contributed by atoms with Gasteiger partial charge < -0.3 is 10.6 Å². The average Bonchev–Trinajstić information content (AvgIpc) is 2.75. The van der Waals surface area contributed by atoms with Crippen LogP contribution in [0, 0.1) is 0 Å². The number of anilines is 2. The lowest BCUT2D eigenvalue weighted by Crippen LogP contribution is -2.22. The average molecular weight is 473 g/mol. The Balaban J connectivity index is 1.50. The first-order valence-electron chi connectivity index (χ1n) is 9.89. The highest BCUT2D eigenvalue weighted by Crippen LogP contribution is 2.31. The Hall–Kier alpha value is -2.18. The molecule has 0 spiro atoms. The van der Waals surface area contributed by atoms with Gasteiger partial charge in [0.15, 0.2) is 0 Å². The van der Waals surface area contributed by atoms with Crippen molar-refractivity contribution >= 4 is 39.2 Å². The van der Waals surface area contributed by atoms with Gasteiger partial charge in [-0.3, -0.25) is 4.98 Å². The van der Waals surface area contributed by atoms with Crippen LogP contribution in [0.15, 0.2) is 53.5 Å². The van der Waals surface area contributed by atoms with E-state index in [0.717, 1.165) is 32.8 Å². The topological polar surface area (TPSA) is 62.7 Å². The summed E-state index contributed by atoms with van der Waals surface area (Å²) in [5.41, 5.74) is 3.04. The predicted octanol–water partition coefficient (Wildman–Crippen LogP) is 6.31. The van der Waals surface area contributed by atoms with Gasteiger partial charge in [-0.2, -0.15) is 0 Å². The molecule has 1 aliphatic carbocycles. The molecular weight excluding hydrogens is 450 g/mol. The van der Waals surface area contributed by atoms with Gasteiger partial charge in [-0.25, -0.2) is 9.97 Å². The zero-order valence-corrected chi connectivity index (χ0v) is 18.4. The lowest BCUT2D eigenvalue weighted by molar-refractivity contribution is 0.462. The van der Waals surface area contributed by atoms with E-state index in [1.54, 1.807) is 18.6 Å². The van der Waals surface area contributed by atoms with Crippen molar-refractivity contribution in [3.8, 4) is 11.1 Å². The maximum atomic E-state index is 6.47. The maximum absolute atomic E-state index is 6.47. The van der Waals surface area contributed by atoms with E-state index in [4.69, 9.17) is 11.6 Å². The minimum atomic E-state index is 0.499. The molecule has 2 N–H and O–H groups in total. The number of aromatic nitrogens is 3. The summed E-state index contributed by atoms with van der Waals surface area (Å²) >= 11 is 9.92. The van der Waals surface area contributed by atoms with Gasteiger partial charge in [-0.1, -0.05) is 30.9 Å². The zero-order chi connectivity index (χ0) is 20.1. The summed E-state index contributed by atoms with van der Waals surface area (Å²) < 4.78 is 0.958. The van der Waals surface area contributed by atoms with E-state index < -0.39 is 0 Å². The monoisotopic (exact) mass is 471 g/mol. The van der Waals surface area contributed by atoms with E-state index in [-0.39, 0.29) is 0 Å². The third-order valence-electron chi connectivity index (χ3n) is 5.12. The molecule has 0 aromatic carbocycles. The highest BCUT2D eigenvalue weighted by atomic mass is 79.9. The lowest BCUT2D eigenvalue weighted by Gasteiger charge is -2.23. The predicted molar refractivity (Wildman–Crippen MR) is 122 cm³/mol. The fourth-order valence-electron chi connectivity index (χ4n) is 3.63. The fraction of sp³-hybridized carbons (Fsp3) is 0.318. The minimum Gasteiger partial charge on any atom is -0.367 e. The summed E-state index contributed by atoms with van der Waals surface area (Å²) in [5, 5.41) is 7.56. The van der Waals surface area contributed by atoms with Crippen LogP contribution in [-0.2, 0) is 6.54 Å². The molecule has 0 amide bonds. The fourth-order valence-corrected chi connectivity index (χ4v) is 4.26. The Morgan fingerprint density at radius 3 is 2.69 bits per heavy atom. The van der Waals surface area contributed by atoms with Crippen molar-refractivity contribution in [2.24, 2.45) is 0 Å². The molecule has 0 saturated heterocycles. The van der Waals surface area contributed by atoms with Crippen molar-refractivity contribution in [1.82, 2.24) is 15.0 Å². The van der Waals surface area contributed by atoms with Crippen LogP contribution in [0.2, 0.25) is 5.02 Å². The molecule has 0 radical (unpaired) electrons. The Bertz CT molecular complexity index is 975. The van der Waals surface area contributed by atoms with Crippen molar-refractivity contribution in [3.05, 3.63) is 64.1 Å². The first-order valence-corrected chi connectivity index (χ1v) is 11.1. The molecule has 3 aromatic heterocycles. The molecule has 0 bridgehead atoms. The van der Waals surface area contributed by atoms with E-state index in [9.17, 15) is 0 Å². The molecule has 5 nitrogen and oxygen atoms in total. The summed E-state index contributed by atoms with van der Waals surface area (Å²) in [6.45, 7) is 0.640. The van der Waals surface area contributed by atoms with Crippen molar-refractivity contribution in [2.75, 3.05) is 10.6 Å². The molecular formula is C22H23BrClN5. The summed E-state index contributed by atoms with van der Waals surface area (Å²) in [5.74, 6) is 1.67. The number of nitrogens with zero attached hydrogens (tertiary/aromatic N) is 3. The molecule has 3 aromatic rings. The Morgan fingerprint density at radius 2 is 1.86 bits per heavy atom. The van der Waals surface area contributed by atoms with Crippen molar-refractivity contribution in [1.29, 1.82) is 0 Å². The van der Waals surface area contributed by atoms with E-state index in [0.29, 0.717) is 17.6 Å². The molecule has 4 rings (SSSR count). The van der Waals surface area contributed by atoms with E-state index in [2.05, 4.69) is 41.5 Å². The SMILES string of the molecule is Clc1cnc(NC2CCCCC2)cc1-c1ccnc(NCc2cncc(Br)c2)c1. The molecule has 29 heavy (non-hydrogen) atoms. The zero-order valence-electron chi connectivity index (χ0n) is 16.0. The molecule has 3 heterocycles. The third kappa shape index (κ3) is 5.46. The first-order chi connectivity index (χ1) is 14.2. The smallest absolute Gasteiger partial charge is 0.126 e. The van der Waals surface area contributed by atoms with Crippen molar-refractivity contribution in [3.63, 3.8) is 0 Å². The van der Waals surface area contributed by atoms with E-state index >= 15 is 0 Å². The molecule has 1 saturated carbocycles. The highest BCUT2D eigenvalue weighted by molar-refractivity contribution is 9.10. The van der Waals surface area contributed by atoms with Gasteiger partial charge in [-0.05, 0) is 64.2 Å². The second kappa shape index (κ2) is 9.55. The number of nitrogens with one attached hydrogen (secondary N) is 2. The van der Waals surface area contributed by atoms with Gasteiger partial charge in [0.1, 0.15) is 11.6 Å². The van der Waals surface area contributed by atoms with Gasteiger partial charge in [-0.15, -0.1) is 0 Å². The molecule has 0 unspecified atom stereocenters. The Kier molecular flexibility index (Phi) is 6.62. The molecule has 150 valence electrons. The van der Waals surface area contributed by atoms with Crippen LogP contribution in [-0.4, -0.2) is 21.0 Å². The largest absolute Gasteiger partial charge is 0.367 e. The van der Waals surface area contributed by atoms with Gasteiger partial charge >= 0.3 is 0 Å². The van der Waals surface area contributed by atoms with Crippen LogP contribution < -0.4 is 10.6 Å². The summed E-state index contributed by atoms with van der Waals surface area (Å²) in [6, 6.07) is 8.55. The lowest BCUT2D eigenvalue weighted by atomic mass is 9.95. The number of hydrogen-bond acceptors (Lipinski definition) is 5. The second-order valence-electron chi connectivity index (χ2n) is 7.32. The first kappa shape index (κ1) is 20.1. The molecule has 1 aliphatic rings. The number of pyridine rings is 3. The molecule has 1 fully saturated rings. The Labute approximate surface area is 184 Å². The van der Waals surface area contributed by atoms with Crippen molar-refractivity contribution in [2.45, 2.75) is 44.7 Å². The molecule has 0 atom stereocenters. The Morgan fingerprint density at radius 1 is 1.00 bits per heavy atom. The van der Waals surface area contributed by atoms with Crippen LogP contribution in [0.1, 0.15) is 37.7 Å². The van der Waals surface area contributed by atoms with Crippen LogP contribution in [0.3, 0.4) is 0 Å². The van der Waals surface area contributed by atoms with Crippen LogP contribution in [0.25, 0.3) is 11.1 Å². The summed E-state index contributed by atoms with van der Waals surface area (Å²) in [7, 11) is 0. The summed E-state index contributed by atoms with van der Waals surface area (Å²) in [6.07, 6.45) is 13.4. The van der Waals surface area contributed by atoms with Gasteiger partial charge in [0.05, 0.1) is 5.02 Å². The normalized spacial score (nSPS) is 14.6. The van der Waals surface area contributed by atoms with Crippen molar-refractivity contribution < 1.29 is 0 Å². The van der Waals surface area contributed by atoms with E-state index in [1.807, 2.05) is 30.5 Å². The molecule has 0 aliphatic heterocycles. The second-order valence-corrected chi connectivity index (χ2v) is 8.65. The van der Waals surface area contributed by atoms with Gasteiger partial charge in [0.2, 0.25) is 0 Å². The maximum Gasteiger partial charge on any atom is 0.126 e. The third-order valence-corrected chi connectivity index (χ3v) is 5.85. The van der Waals surface area contributed by atoms with Crippen LogP contribution in [0.5, 0.6) is 0 Å². The number of halogens is 2. The number of hydrogen-bond donors (Lipinski definition) is 2. The minimum absolute atomic E-state index is 0.499. The highest BCUT2D eigenvalue weighted by Gasteiger charge is 2.15. The van der Waals surface area contributed by atoms with Gasteiger partial charge in [0, 0.05) is 47.4 Å². The van der Waals surface area contributed by atoms with Gasteiger partial charge in [0.25, 0.3) is 0 Å². The summed E-state index contributed by atoms with van der Waals surface area (Å²) in [4.78, 5) is 13.1. The quantitative estimate of drug-likeness (QED) is 0.440. The van der Waals surface area contributed by atoms with Crippen LogP contribution >= 0.6 is 27.5 Å². The standard InChI is InChI=1S/C22H23BrClN5/c23-17-8-15(11-25-13-17)12-27-21-9-16(6-7-26-21)19-10-22(28-14-20(19)24)29-18-4-2-1-3-5-18/h6-11,13-14,18H,1-5,12H2,(H,26,27)(H,28,29). The van der Waals surface area contributed by atoms with E-state index in [1.165, 1.54) is 32.1 Å². The van der Waals surface area contributed by atoms with Crippen LogP contribution in [0.4, 0.5) is 11.6 Å². The molecule has 7 heteroatoms. The number of rotatable bonds is 6.